The first-order valence-electron chi connectivity index (χ1n) is 8.20. The van der Waals surface area contributed by atoms with E-state index >= 15 is 0 Å². The van der Waals surface area contributed by atoms with Crippen LogP contribution >= 0.6 is 23.2 Å². The van der Waals surface area contributed by atoms with E-state index in [0.717, 1.165) is 5.56 Å². The zero-order valence-electron chi connectivity index (χ0n) is 14.7. The van der Waals surface area contributed by atoms with Crippen molar-refractivity contribution in [3.05, 3.63) is 87.9 Å². The Hall–Kier alpha value is -2.54. The summed E-state index contributed by atoms with van der Waals surface area (Å²) in [6, 6.07) is 17.1. The van der Waals surface area contributed by atoms with E-state index in [0.29, 0.717) is 27.0 Å². The third-order valence-electron chi connectivity index (χ3n) is 3.96. The van der Waals surface area contributed by atoms with Gasteiger partial charge in [-0.15, -0.1) is 0 Å². The normalized spacial score (nSPS) is 11.1. The van der Waals surface area contributed by atoms with E-state index in [1.54, 1.807) is 30.3 Å². The molecule has 2 N–H and O–H groups in total. The number of hydrogen-bond acceptors (Lipinski definition) is 3. The third kappa shape index (κ3) is 4.84. The highest BCUT2D eigenvalue weighted by Crippen LogP contribution is 2.22. The van der Waals surface area contributed by atoms with Gasteiger partial charge in [-0.3, -0.25) is 9.52 Å². The first kappa shape index (κ1) is 20.2. The molecular weight excluding hydrogens is 419 g/mol. The summed E-state index contributed by atoms with van der Waals surface area (Å²) in [7, 11) is -3.74. The monoisotopic (exact) mass is 434 g/mol. The first-order chi connectivity index (χ1) is 13.2. The molecule has 8 heteroatoms. The molecule has 1 amide bonds. The van der Waals surface area contributed by atoms with Crippen LogP contribution in [-0.4, -0.2) is 14.3 Å². The van der Waals surface area contributed by atoms with Gasteiger partial charge >= 0.3 is 0 Å². The van der Waals surface area contributed by atoms with Crippen molar-refractivity contribution in [1.29, 1.82) is 0 Å². The molecule has 28 heavy (non-hydrogen) atoms. The lowest BCUT2D eigenvalue weighted by Crippen LogP contribution is -2.14. The van der Waals surface area contributed by atoms with Gasteiger partial charge in [-0.05, 0) is 79.2 Å². The highest BCUT2D eigenvalue weighted by atomic mass is 35.5. The fraction of sp³-hybridized carbons (Fsp3) is 0.0500. The summed E-state index contributed by atoms with van der Waals surface area (Å²) in [5, 5.41) is 3.84. The van der Waals surface area contributed by atoms with Gasteiger partial charge in [-0.2, -0.15) is 0 Å². The number of halogens is 2. The summed E-state index contributed by atoms with van der Waals surface area (Å²) in [5.74, 6) is -0.308. The fourth-order valence-electron chi connectivity index (χ4n) is 2.48. The van der Waals surface area contributed by atoms with Crippen molar-refractivity contribution >= 4 is 50.5 Å². The molecule has 0 radical (unpaired) electrons. The first-order valence-corrected chi connectivity index (χ1v) is 10.4. The zero-order valence-corrected chi connectivity index (χ0v) is 17.1. The zero-order chi connectivity index (χ0) is 20.3. The molecular formula is C20H16Cl2N2O3S. The van der Waals surface area contributed by atoms with Crippen molar-refractivity contribution in [2.24, 2.45) is 0 Å². The van der Waals surface area contributed by atoms with Crippen LogP contribution in [-0.2, 0) is 10.0 Å². The second kappa shape index (κ2) is 8.22. The van der Waals surface area contributed by atoms with Gasteiger partial charge in [-0.1, -0.05) is 23.2 Å². The summed E-state index contributed by atoms with van der Waals surface area (Å²) in [6.07, 6.45) is 0. The van der Waals surface area contributed by atoms with E-state index in [1.807, 2.05) is 6.92 Å². The Balaban J connectivity index is 1.72. The van der Waals surface area contributed by atoms with Crippen molar-refractivity contribution in [2.75, 3.05) is 10.0 Å². The Labute approximate surface area is 173 Å². The molecule has 3 aromatic carbocycles. The molecule has 144 valence electrons. The maximum absolute atomic E-state index is 12.4. The van der Waals surface area contributed by atoms with Crippen LogP contribution in [0, 0.1) is 6.92 Å². The van der Waals surface area contributed by atoms with Crippen LogP contribution in [0.3, 0.4) is 0 Å². The maximum atomic E-state index is 12.4. The molecule has 0 fully saturated rings. The summed E-state index contributed by atoms with van der Waals surface area (Å²) in [4.78, 5) is 12.5. The van der Waals surface area contributed by atoms with Gasteiger partial charge in [0.2, 0.25) is 0 Å². The van der Waals surface area contributed by atoms with Crippen LogP contribution in [0.25, 0.3) is 0 Å². The van der Waals surface area contributed by atoms with Gasteiger partial charge < -0.3 is 5.32 Å². The quantitative estimate of drug-likeness (QED) is 0.567. The molecule has 0 aliphatic carbocycles. The van der Waals surface area contributed by atoms with Crippen molar-refractivity contribution in [3.8, 4) is 0 Å². The molecule has 3 aromatic rings. The molecule has 0 saturated carbocycles. The number of benzene rings is 3. The molecule has 0 aromatic heterocycles. The molecule has 0 saturated heterocycles. The van der Waals surface area contributed by atoms with E-state index in [4.69, 9.17) is 23.2 Å². The number of rotatable bonds is 5. The van der Waals surface area contributed by atoms with Crippen LogP contribution in [0.5, 0.6) is 0 Å². The second-order valence-electron chi connectivity index (χ2n) is 6.05. The average Bonchev–Trinajstić information content (AvgIpc) is 2.64. The highest BCUT2D eigenvalue weighted by molar-refractivity contribution is 7.92. The van der Waals surface area contributed by atoms with E-state index in [9.17, 15) is 13.2 Å². The second-order valence-corrected chi connectivity index (χ2v) is 8.61. The van der Waals surface area contributed by atoms with Crippen LogP contribution in [0.15, 0.2) is 71.6 Å². The lowest BCUT2D eigenvalue weighted by Gasteiger charge is -2.10. The van der Waals surface area contributed by atoms with E-state index in [1.165, 1.54) is 36.4 Å². The van der Waals surface area contributed by atoms with Crippen LogP contribution in [0.1, 0.15) is 15.9 Å². The number of anilines is 2. The third-order valence-corrected chi connectivity index (χ3v) is 5.84. The molecule has 0 aliphatic heterocycles. The molecule has 0 unspecified atom stereocenters. The molecule has 0 bridgehead atoms. The number of amides is 1. The molecule has 3 rings (SSSR count). The Bertz CT molecular complexity index is 1110. The highest BCUT2D eigenvalue weighted by Gasteiger charge is 2.14. The van der Waals surface area contributed by atoms with E-state index < -0.39 is 10.0 Å². The molecule has 0 heterocycles. The topological polar surface area (TPSA) is 75.3 Å². The summed E-state index contributed by atoms with van der Waals surface area (Å²) < 4.78 is 27.3. The SMILES string of the molecule is Cc1cc(Cl)ccc1NC(=O)c1ccc(NS(=O)(=O)c2ccc(Cl)cc2)cc1. The predicted octanol–water partition coefficient (Wildman–Crippen LogP) is 5.35. The van der Waals surface area contributed by atoms with Gasteiger partial charge in [0, 0.05) is 27.0 Å². The van der Waals surface area contributed by atoms with Gasteiger partial charge in [-0.25, -0.2) is 8.42 Å². The maximum Gasteiger partial charge on any atom is 0.261 e. The van der Waals surface area contributed by atoms with Gasteiger partial charge in [0.1, 0.15) is 0 Å². The van der Waals surface area contributed by atoms with Crippen molar-refractivity contribution < 1.29 is 13.2 Å². The number of sulfonamides is 1. The number of carbonyl (C=O) groups excluding carboxylic acids is 1. The standard InChI is InChI=1S/C20H16Cl2N2O3S/c1-13-12-16(22)6-11-19(13)23-20(25)14-2-7-17(8-3-14)24-28(26,27)18-9-4-15(21)5-10-18/h2-12,24H,1H3,(H,23,25). The van der Waals surface area contributed by atoms with Gasteiger partial charge in [0.25, 0.3) is 15.9 Å². The average molecular weight is 435 g/mol. The Kier molecular flexibility index (Phi) is 5.93. The van der Waals surface area contributed by atoms with Crippen molar-refractivity contribution in [2.45, 2.75) is 11.8 Å². The molecule has 5 nitrogen and oxygen atoms in total. The van der Waals surface area contributed by atoms with Gasteiger partial charge in [0.05, 0.1) is 4.90 Å². The minimum absolute atomic E-state index is 0.0944. The lowest BCUT2D eigenvalue weighted by atomic mass is 10.1. The van der Waals surface area contributed by atoms with E-state index in [-0.39, 0.29) is 10.8 Å². The smallest absolute Gasteiger partial charge is 0.261 e. The van der Waals surface area contributed by atoms with Crippen LogP contribution < -0.4 is 10.0 Å². The Morgan fingerprint density at radius 2 is 1.46 bits per heavy atom. The minimum atomic E-state index is -3.74. The number of nitrogens with one attached hydrogen (secondary N) is 2. The number of aryl methyl sites for hydroxylation is 1. The summed E-state index contributed by atoms with van der Waals surface area (Å²) in [5.41, 5.74) is 2.23. The van der Waals surface area contributed by atoms with Gasteiger partial charge in [0.15, 0.2) is 0 Å². The van der Waals surface area contributed by atoms with Crippen molar-refractivity contribution in [1.82, 2.24) is 0 Å². The summed E-state index contributed by atoms with van der Waals surface area (Å²) in [6.45, 7) is 1.84. The predicted molar refractivity (Wildman–Crippen MR) is 113 cm³/mol. The Morgan fingerprint density at radius 1 is 0.857 bits per heavy atom. The summed E-state index contributed by atoms with van der Waals surface area (Å²) >= 11 is 11.7. The number of carbonyl (C=O) groups is 1. The minimum Gasteiger partial charge on any atom is -0.322 e. The largest absolute Gasteiger partial charge is 0.322 e. The molecule has 0 spiro atoms. The van der Waals surface area contributed by atoms with E-state index in [2.05, 4.69) is 10.0 Å². The van der Waals surface area contributed by atoms with Crippen LogP contribution in [0.4, 0.5) is 11.4 Å². The molecule has 0 atom stereocenters. The lowest BCUT2D eigenvalue weighted by molar-refractivity contribution is 0.102. The fourth-order valence-corrected chi connectivity index (χ4v) is 3.89. The Morgan fingerprint density at radius 3 is 2.07 bits per heavy atom. The molecule has 0 aliphatic rings. The van der Waals surface area contributed by atoms with Crippen molar-refractivity contribution in [3.63, 3.8) is 0 Å². The number of hydrogen-bond donors (Lipinski definition) is 2. The van der Waals surface area contributed by atoms with Crippen LogP contribution in [0.2, 0.25) is 10.0 Å².